The zero-order chi connectivity index (χ0) is 89.8. The summed E-state index contributed by atoms with van der Waals surface area (Å²) in [6.45, 7) is 14.2. The second-order valence-electron chi connectivity index (χ2n) is 30.4. The van der Waals surface area contributed by atoms with Gasteiger partial charge in [-0.2, -0.15) is 0 Å². The summed E-state index contributed by atoms with van der Waals surface area (Å²) >= 11 is 0. The van der Waals surface area contributed by atoms with Gasteiger partial charge in [-0.3, -0.25) is 0 Å². The Labute approximate surface area is 705 Å². The van der Waals surface area contributed by atoms with E-state index in [-0.39, 0.29) is 69.8 Å². The van der Waals surface area contributed by atoms with E-state index in [4.69, 9.17) is 0 Å². The monoisotopic (exact) mass is 1730 g/mol. The average molecular weight is 1730 g/mol. The summed E-state index contributed by atoms with van der Waals surface area (Å²) in [6, 6.07) is 27.2. The largest absolute Gasteiger partial charge is 0.457 e. The number of halogens is 20. The first-order valence-corrected chi connectivity index (χ1v) is 41.5. The highest BCUT2D eigenvalue weighted by Crippen LogP contribution is 2.45. The van der Waals surface area contributed by atoms with E-state index in [0.717, 1.165) is 172 Å². The van der Waals surface area contributed by atoms with E-state index in [9.17, 15) is 87.8 Å². The number of rotatable bonds is 26. The zero-order valence-corrected chi connectivity index (χ0v) is 69.7. The molecule has 4 saturated carbocycles. The van der Waals surface area contributed by atoms with E-state index < -0.39 is 120 Å². The SMILES string of the molecule is C=CF.C=CF.C=CF.C=CF.CCC1CCC(c2ccc(-c3cc(F)c(OCF)c(F)c3)c(F)c2)CC1.CCCC1CCC(c2ccc(-c3cc(F)c(OCF)c(F)c3)c(F)c2)CC1.CCCCC1CCC(c2ccc(-c3cc(F)c(OCF)c(F)c3)c(F)c2)CC1.CCCCCC1CCC(c2ccc(-c3cc(F)c(OCF)c(F)c3)c(F)c2)CC1. The van der Waals surface area contributed by atoms with Crippen molar-refractivity contribution in [3.63, 3.8) is 0 Å². The lowest BCUT2D eigenvalue weighted by molar-refractivity contribution is 0.176. The molecule has 0 spiro atoms. The minimum absolute atomic E-state index is 0.0601. The average Bonchev–Trinajstić information content (AvgIpc) is 0.811. The number of benzene rings is 8. The van der Waals surface area contributed by atoms with Crippen LogP contribution in [0.1, 0.15) is 241 Å². The minimum Gasteiger partial charge on any atom is -0.457 e. The third-order valence-electron chi connectivity index (χ3n) is 22.7. The molecule has 0 saturated heterocycles. The van der Waals surface area contributed by atoms with Gasteiger partial charge in [0.25, 0.3) is 0 Å². The quantitative estimate of drug-likeness (QED) is 0.0400. The maximum atomic E-state index is 14.7. The van der Waals surface area contributed by atoms with E-state index in [1.807, 2.05) is 24.3 Å². The molecule has 0 amide bonds. The first-order chi connectivity index (χ1) is 58.8. The van der Waals surface area contributed by atoms with Gasteiger partial charge in [0, 0.05) is 22.3 Å². The second kappa shape index (κ2) is 55.6. The standard InChI is InChI=1S/C24H28F4O.C23H26F4O.C22H24F4O.C21H22F4O.4C2H3F/c1-2-3-4-5-16-6-8-17(9-7-16)18-10-11-20(21(26)12-18)19-13-22(27)24(29-15-25)23(28)14-19;1-2-3-4-15-5-7-16(8-6-15)17-9-10-19(20(25)11-17)18-12-21(26)23(28-14-24)22(27)13-18;1-2-3-14-4-6-15(7-5-14)16-8-9-18(19(24)10-16)17-11-20(25)22(27-13-23)21(26)12-17;1-2-13-3-5-14(6-4-13)15-7-8-17(18(23)9-15)16-10-19(24)21(26-12-22)20(25)11-16;4*1-2-3/h10-14,16-17H,2-9,15H2,1H3;9-13,15-16H,2-8,14H2,1H3;8-12,14-15H,2-7,13H2,1H3;7-11,13-14H,2-6,12H2,1H3;4*2H,1H2. The number of unbranched alkanes of at least 4 members (excludes halogenated alkanes) is 3. The summed E-state index contributed by atoms with van der Waals surface area (Å²) in [5.74, 6) is -9.25. The fourth-order valence-corrected chi connectivity index (χ4v) is 16.6. The molecule has 0 unspecified atom stereocenters. The Balaban J connectivity index is 0.000000276. The van der Waals surface area contributed by atoms with Gasteiger partial charge in [0.05, 0.1) is 25.3 Å². The Hall–Kier alpha value is -9.48. The summed E-state index contributed by atoms with van der Waals surface area (Å²) in [5, 5.41) is 0. The lowest BCUT2D eigenvalue weighted by atomic mass is 9.77. The molecule has 668 valence electrons. The molecule has 0 N–H and O–H groups in total. The summed E-state index contributed by atoms with van der Waals surface area (Å²) in [4.78, 5) is 0. The van der Waals surface area contributed by atoms with Crippen LogP contribution in [0.25, 0.3) is 44.5 Å². The molecule has 4 aliphatic rings. The van der Waals surface area contributed by atoms with Crippen molar-refractivity contribution in [1.82, 2.24) is 0 Å². The van der Waals surface area contributed by atoms with E-state index in [1.165, 1.54) is 114 Å². The molecule has 4 nitrogen and oxygen atoms in total. The lowest BCUT2D eigenvalue weighted by Gasteiger charge is -2.29. The number of hydrogen-bond acceptors (Lipinski definition) is 4. The molecule has 4 aliphatic carbocycles. The van der Waals surface area contributed by atoms with Crippen molar-refractivity contribution in [2.45, 2.75) is 218 Å². The second-order valence-corrected chi connectivity index (χ2v) is 30.4. The summed E-state index contributed by atoms with van der Waals surface area (Å²) < 4.78 is 277. The van der Waals surface area contributed by atoms with Crippen LogP contribution in [-0.4, -0.2) is 27.4 Å². The summed E-state index contributed by atoms with van der Waals surface area (Å²) in [6.07, 6.45) is 31.1. The molecule has 8 aromatic rings. The van der Waals surface area contributed by atoms with E-state index >= 15 is 0 Å². The first kappa shape index (κ1) is 103. The molecular weight excluding hydrogens is 1620 g/mol. The highest BCUT2D eigenvalue weighted by atomic mass is 19.2. The Morgan fingerprint density at radius 3 is 0.656 bits per heavy atom. The molecule has 0 heterocycles. The fourth-order valence-electron chi connectivity index (χ4n) is 16.6. The van der Waals surface area contributed by atoms with Crippen molar-refractivity contribution in [1.29, 1.82) is 0 Å². The molecule has 0 atom stereocenters. The predicted octanol–water partition coefficient (Wildman–Crippen LogP) is 33.8. The molecule has 8 aromatic carbocycles. The van der Waals surface area contributed by atoms with Crippen molar-refractivity contribution >= 4 is 0 Å². The van der Waals surface area contributed by atoms with Gasteiger partial charge in [-0.1, -0.05) is 167 Å². The van der Waals surface area contributed by atoms with Crippen molar-refractivity contribution in [3.8, 4) is 67.5 Å². The van der Waals surface area contributed by atoms with Gasteiger partial charge >= 0.3 is 0 Å². The fraction of sp³-hybridized carbons (Fsp3) is 0.429. The van der Waals surface area contributed by atoms with Crippen LogP contribution >= 0.6 is 0 Å². The number of ether oxygens (including phenoxy) is 4. The third kappa shape index (κ3) is 31.7. The molecule has 0 radical (unpaired) electrons. The predicted molar refractivity (Wildman–Crippen MR) is 446 cm³/mol. The molecule has 12 rings (SSSR count). The maximum Gasteiger partial charge on any atom is 0.228 e. The molecule has 0 bridgehead atoms. The van der Waals surface area contributed by atoms with E-state index in [0.29, 0.717) is 23.7 Å². The molecule has 4 fully saturated rings. The third-order valence-corrected chi connectivity index (χ3v) is 22.7. The highest BCUT2D eigenvalue weighted by Gasteiger charge is 2.29. The van der Waals surface area contributed by atoms with Gasteiger partial charge in [-0.05, 0) is 267 Å². The summed E-state index contributed by atoms with van der Waals surface area (Å²) in [7, 11) is 0. The van der Waals surface area contributed by atoms with Crippen molar-refractivity contribution in [2.24, 2.45) is 23.7 Å². The van der Waals surface area contributed by atoms with E-state index in [1.54, 1.807) is 24.3 Å². The van der Waals surface area contributed by atoms with Gasteiger partial charge in [-0.15, -0.1) is 0 Å². The van der Waals surface area contributed by atoms with Crippen LogP contribution < -0.4 is 18.9 Å². The molecule has 122 heavy (non-hydrogen) atoms. The van der Waals surface area contributed by atoms with Crippen LogP contribution in [0.2, 0.25) is 0 Å². The zero-order valence-electron chi connectivity index (χ0n) is 69.7. The topological polar surface area (TPSA) is 36.9 Å². The van der Waals surface area contributed by atoms with Crippen LogP contribution in [-0.2, 0) is 0 Å². The Morgan fingerprint density at radius 1 is 0.262 bits per heavy atom. The molecule has 0 aliphatic heterocycles. The van der Waals surface area contributed by atoms with Crippen molar-refractivity contribution in [3.05, 3.63) is 265 Å². The normalized spacial score (nSPS) is 18.2. The highest BCUT2D eigenvalue weighted by molar-refractivity contribution is 5.69. The van der Waals surface area contributed by atoms with Gasteiger partial charge in [0.1, 0.15) is 23.3 Å². The molecule has 24 heteroatoms. The number of hydrogen-bond donors (Lipinski definition) is 0. The Morgan fingerprint density at radius 2 is 0.467 bits per heavy atom. The Bertz CT molecular complexity index is 4350. The van der Waals surface area contributed by atoms with Crippen LogP contribution in [0.5, 0.6) is 23.0 Å². The lowest BCUT2D eigenvalue weighted by Crippen LogP contribution is -2.13. The smallest absolute Gasteiger partial charge is 0.228 e. The van der Waals surface area contributed by atoms with Crippen molar-refractivity contribution in [2.75, 3.05) is 27.4 Å². The van der Waals surface area contributed by atoms with Crippen LogP contribution in [0.15, 0.2) is 173 Å². The van der Waals surface area contributed by atoms with Gasteiger partial charge < -0.3 is 18.9 Å². The first-order valence-electron chi connectivity index (χ1n) is 41.5. The van der Waals surface area contributed by atoms with Gasteiger partial charge in [0.15, 0.2) is 69.5 Å². The van der Waals surface area contributed by atoms with Crippen LogP contribution in [0.3, 0.4) is 0 Å². The number of alkyl halides is 4. The summed E-state index contributed by atoms with van der Waals surface area (Å²) in [5.41, 5.74) is 4.45. The van der Waals surface area contributed by atoms with Gasteiger partial charge in [0.2, 0.25) is 27.4 Å². The minimum atomic E-state index is -1.34. The van der Waals surface area contributed by atoms with E-state index in [2.05, 4.69) is 73.0 Å². The van der Waals surface area contributed by atoms with Gasteiger partial charge in [-0.25, -0.2) is 87.8 Å². The van der Waals surface area contributed by atoms with Crippen LogP contribution in [0, 0.1) is 93.5 Å². The van der Waals surface area contributed by atoms with Crippen molar-refractivity contribution < 1.29 is 107 Å². The Kier molecular flexibility index (Phi) is 47.0. The molecular formula is C98H112F20O4. The molecule has 0 aromatic heterocycles. The maximum absolute atomic E-state index is 14.7. The van der Waals surface area contributed by atoms with Crippen LogP contribution in [0.4, 0.5) is 87.8 Å².